The van der Waals surface area contributed by atoms with Gasteiger partial charge in [-0.3, -0.25) is 9.48 Å². The van der Waals surface area contributed by atoms with Crippen LogP contribution >= 0.6 is 0 Å². The molecule has 0 atom stereocenters. The number of hydrogen-bond acceptors (Lipinski definition) is 5. The first kappa shape index (κ1) is 19.0. The number of hydrogen-bond donors (Lipinski definition) is 1. The van der Waals surface area contributed by atoms with Crippen LogP contribution in [0.5, 0.6) is 5.75 Å². The summed E-state index contributed by atoms with van der Waals surface area (Å²) in [6.07, 6.45) is 3.47. The molecule has 0 aliphatic carbocycles. The molecule has 7 heteroatoms. The van der Waals surface area contributed by atoms with Crippen LogP contribution in [0.3, 0.4) is 0 Å². The molecule has 1 saturated heterocycles. The van der Waals surface area contributed by atoms with E-state index in [2.05, 4.69) is 26.4 Å². The van der Waals surface area contributed by atoms with Gasteiger partial charge in [0, 0.05) is 37.3 Å². The SMILES string of the molecule is COc1ccccc1N1CCC(NC(=O)c2ccc(-c3ncn(C)n3)cc2)CC1. The molecule has 0 radical (unpaired) electrons. The number of carbonyl (C=O) groups excluding carboxylic acids is 1. The first-order chi connectivity index (χ1) is 14.1. The van der Waals surface area contributed by atoms with E-state index in [0.717, 1.165) is 42.9 Å². The number of aromatic nitrogens is 3. The smallest absolute Gasteiger partial charge is 0.251 e. The second-order valence-electron chi connectivity index (χ2n) is 7.23. The van der Waals surface area contributed by atoms with Crippen molar-refractivity contribution in [2.45, 2.75) is 18.9 Å². The number of methoxy groups -OCH3 is 1. The van der Waals surface area contributed by atoms with Crippen LogP contribution in [0.1, 0.15) is 23.2 Å². The topological polar surface area (TPSA) is 72.3 Å². The third kappa shape index (κ3) is 4.23. The Bertz CT molecular complexity index is 975. The first-order valence-corrected chi connectivity index (χ1v) is 9.79. The molecule has 0 unspecified atom stereocenters. The lowest BCUT2D eigenvalue weighted by atomic mass is 10.0. The van der Waals surface area contributed by atoms with Gasteiger partial charge in [-0.05, 0) is 37.1 Å². The lowest BCUT2D eigenvalue weighted by Gasteiger charge is -2.34. The Labute approximate surface area is 170 Å². The van der Waals surface area contributed by atoms with Crippen molar-refractivity contribution in [1.29, 1.82) is 0 Å². The average Bonchev–Trinajstić information content (AvgIpc) is 3.20. The fourth-order valence-corrected chi connectivity index (χ4v) is 3.67. The Morgan fingerprint density at radius 3 is 2.48 bits per heavy atom. The zero-order valence-corrected chi connectivity index (χ0v) is 16.7. The number of anilines is 1. The summed E-state index contributed by atoms with van der Waals surface area (Å²) in [5.41, 5.74) is 2.66. The van der Waals surface area contributed by atoms with Crippen LogP contribution in [-0.2, 0) is 7.05 Å². The van der Waals surface area contributed by atoms with Crippen LogP contribution in [-0.4, -0.2) is 46.9 Å². The number of carbonyl (C=O) groups is 1. The van der Waals surface area contributed by atoms with Gasteiger partial charge in [0.2, 0.25) is 0 Å². The molecule has 2 heterocycles. The van der Waals surface area contributed by atoms with E-state index in [-0.39, 0.29) is 11.9 Å². The van der Waals surface area contributed by atoms with E-state index in [1.165, 1.54) is 0 Å². The number of ether oxygens (including phenoxy) is 1. The normalized spacial score (nSPS) is 14.6. The number of rotatable bonds is 5. The zero-order valence-electron chi connectivity index (χ0n) is 16.7. The van der Waals surface area contributed by atoms with E-state index in [1.807, 2.05) is 49.5 Å². The molecule has 0 saturated carbocycles. The van der Waals surface area contributed by atoms with Gasteiger partial charge in [-0.25, -0.2) is 4.98 Å². The van der Waals surface area contributed by atoms with Crippen molar-refractivity contribution in [3.63, 3.8) is 0 Å². The molecule has 0 bridgehead atoms. The Morgan fingerprint density at radius 2 is 1.83 bits per heavy atom. The monoisotopic (exact) mass is 391 g/mol. The molecule has 7 nitrogen and oxygen atoms in total. The summed E-state index contributed by atoms with van der Waals surface area (Å²) in [7, 11) is 3.53. The summed E-state index contributed by atoms with van der Waals surface area (Å²) >= 11 is 0. The quantitative estimate of drug-likeness (QED) is 0.724. The number of aryl methyl sites for hydroxylation is 1. The van der Waals surface area contributed by atoms with E-state index < -0.39 is 0 Å². The van der Waals surface area contributed by atoms with Gasteiger partial charge in [0.05, 0.1) is 12.8 Å². The van der Waals surface area contributed by atoms with Gasteiger partial charge >= 0.3 is 0 Å². The van der Waals surface area contributed by atoms with Crippen molar-refractivity contribution in [3.8, 4) is 17.1 Å². The molecule has 2 aromatic carbocycles. The molecule has 1 aliphatic rings. The first-order valence-electron chi connectivity index (χ1n) is 9.79. The number of nitrogens with one attached hydrogen (secondary N) is 1. The van der Waals surface area contributed by atoms with E-state index in [9.17, 15) is 4.79 Å². The average molecular weight is 391 g/mol. The Balaban J connectivity index is 1.34. The van der Waals surface area contributed by atoms with Crippen molar-refractivity contribution in [2.75, 3.05) is 25.1 Å². The van der Waals surface area contributed by atoms with Gasteiger partial charge in [-0.1, -0.05) is 24.3 Å². The zero-order chi connectivity index (χ0) is 20.2. The van der Waals surface area contributed by atoms with Crippen molar-refractivity contribution in [1.82, 2.24) is 20.1 Å². The second-order valence-corrected chi connectivity index (χ2v) is 7.23. The summed E-state index contributed by atoms with van der Waals surface area (Å²) in [5, 5.41) is 7.45. The number of piperidine rings is 1. The maximum atomic E-state index is 12.6. The van der Waals surface area contributed by atoms with E-state index in [1.54, 1.807) is 18.1 Å². The molecule has 1 aliphatic heterocycles. The summed E-state index contributed by atoms with van der Waals surface area (Å²) in [6.45, 7) is 1.77. The minimum Gasteiger partial charge on any atom is -0.495 e. The fraction of sp³-hybridized carbons (Fsp3) is 0.318. The van der Waals surface area contributed by atoms with Crippen molar-refractivity contribution < 1.29 is 9.53 Å². The van der Waals surface area contributed by atoms with Crippen LogP contribution in [0.4, 0.5) is 5.69 Å². The number of benzene rings is 2. The van der Waals surface area contributed by atoms with Gasteiger partial charge in [0.1, 0.15) is 12.1 Å². The van der Waals surface area contributed by atoms with E-state index in [0.29, 0.717) is 11.4 Å². The summed E-state index contributed by atoms with van der Waals surface area (Å²) in [4.78, 5) is 19.2. The van der Waals surface area contributed by atoms with Crippen molar-refractivity contribution in [3.05, 3.63) is 60.4 Å². The third-order valence-electron chi connectivity index (χ3n) is 5.26. The minimum absolute atomic E-state index is 0.0405. The summed E-state index contributed by atoms with van der Waals surface area (Å²) in [6, 6.07) is 15.6. The van der Waals surface area contributed by atoms with Crippen LogP contribution < -0.4 is 15.0 Å². The van der Waals surface area contributed by atoms with Gasteiger partial charge < -0.3 is 15.0 Å². The van der Waals surface area contributed by atoms with Crippen LogP contribution in [0.2, 0.25) is 0 Å². The molecule has 0 spiro atoms. The van der Waals surface area contributed by atoms with E-state index >= 15 is 0 Å². The standard InChI is InChI=1S/C22H25N5O2/c1-26-15-23-21(25-26)16-7-9-17(10-8-16)22(28)24-18-11-13-27(14-12-18)19-5-3-4-6-20(19)29-2/h3-10,15,18H,11-14H2,1-2H3,(H,24,28). The maximum Gasteiger partial charge on any atom is 0.251 e. The Kier molecular flexibility index (Phi) is 5.46. The molecular weight excluding hydrogens is 366 g/mol. The molecule has 1 amide bonds. The molecule has 29 heavy (non-hydrogen) atoms. The highest BCUT2D eigenvalue weighted by Gasteiger charge is 2.23. The van der Waals surface area contributed by atoms with Gasteiger partial charge in [-0.15, -0.1) is 0 Å². The number of amides is 1. The maximum absolute atomic E-state index is 12.6. The largest absolute Gasteiger partial charge is 0.495 e. The lowest BCUT2D eigenvalue weighted by molar-refractivity contribution is 0.0931. The predicted molar refractivity (Wildman–Crippen MR) is 112 cm³/mol. The van der Waals surface area contributed by atoms with Gasteiger partial charge in [0.15, 0.2) is 5.82 Å². The van der Waals surface area contributed by atoms with Gasteiger partial charge in [-0.2, -0.15) is 5.10 Å². The number of para-hydroxylation sites is 2. The van der Waals surface area contributed by atoms with Crippen LogP contribution in [0.15, 0.2) is 54.9 Å². The van der Waals surface area contributed by atoms with Crippen LogP contribution in [0, 0.1) is 0 Å². The highest BCUT2D eigenvalue weighted by molar-refractivity contribution is 5.94. The third-order valence-corrected chi connectivity index (χ3v) is 5.26. The molecule has 150 valence electrons. The van der Waals surface area contributed by atoms with Crippen molar-refractivity contribution in [2.24, 2.45) is 7.05 Å². The van der Waals surface area contributed by atoms with Crippen LogP contribution in [0.25, 0.3) is 11.4 Å². The highest BCUT2D eigenvalue weighted by atomic mass is 16.5. The molecule has 4 rings (SSSR count). The van der Waals surface area contributed by atoms with E-state index in [4.69, 9.17) is 4.74 Å². The summed E-state index contributed by atoms with van der Waals surface area (Å²) < 4.78 is 7.13. The summed E-state index contributed by atoms with van der Waals surface area (Å²) in [5.74, 6) is 1.50. The van der Waals surface area contributed by atoms with Crippen molar-refractivity contribution >= 4 is 11.6 Å². The second kappa shape index (κ2) is 8.34. The molecule has 1 N–H and O–H groups in total. The fourth-order valence-electron chi connectivity index (χ4n) is 3.67. The van der Waals surface area contributed by atoms with Gasteiger partial charge in [0.25, 0.3) is 5.91 Å². The molecule has 1 aromatic heterocycles. The molecule has 3 aromatic rings. The highest BCUT2D eigenvalue weighted by Crippen LogP contribution is 2.30. The Hall–Kier alpha value is -3.35. The minimum atomic E-state index is -0.0405. The Morgan fingerprint density at radius 1 is 1.10 bits per heavy atom. The number of nitrogens with zero attached hydrogens (tertiary/aromatic N) is 4. The lowest BCUT2D eigenvalue weighted by Crippen LogP contribution is -2.44. The molecule has 1 fully saturated rings. The molecular formula is C22H25N5O2. The predicted octanol–water partition coefficient (Wildman–Crippen LogP) is 2.89.